The van der Waals surface area contributed by atoms with Gasteiger partial charge in [-0.15, -0.1) is 0 Å². The number of hydrogen-bond acceptors (Lipinski definition) is 4. The highest BCUT2D eigenvalue weighted by Gasteiger charge is 2.30. The van der Waals surface area contributed by atoms with Gasteiger partial charge in [-0.2, -0.15) is 0 Å². The molecule has 2 rings (SSSR count). The molecule has 1 aliphatic rings. The first-order valence-electron chi connectivity index (χ1n) is 9.46. The Morgan fingerprint density at radius 3 is 2.26 bits per heavy atom. The molecule has 1 aromatic carbocycles. The van der Waals surface area contributed by atoms with Gasteiger partial charge in [-0.3, -0.25) is 9.59 Å². The van der Waals surface area contributed by atoms with Crippen LogP contribution in [0.3, 0.4) is 0 Å². The van der Waals surface area contributed by atoms with Gasteiger partial charge in [0.15, 0.2) is 0 Å². The van der Waals surface area contributed by atoms with E-state index in [1.165, 1.54) is 14.2 Å². The van der Waals surface area contributed by atoms with E-state index >= 15 is 0 Å². The van der Waals surface area contributed by atoms with Crippen molar-refractivity contribution >= 4 is 29.1 Å². The SMILES string of the molecule is CCC(CC)C(=O)N1CCC(C(=O)Nc2cc(OC)c(Cl)cc2OC)CC1. The molecule has 0 spiro atoms. The first kappa shape index (κ1) is 21.4. The Morgan fingerprint density at radius 2 is 1.74 bits per heavy atom. The molecule has 0 radical (unpaired) electrons. The first-order chi connectivity index (χ1) is 12.9. The van der Waals surface area contributed by atoms with Crippen LogP contribution in [0.5, 0.6) is 11.5 Å². The molecule has 0 unspecified atom stereocenters. The maximum Gasteiger partial charge on any atom is 0.227 e. The van der Waals surface area contributed by atoms with Gasteiger partial charge in [0.25, 0.3) is 0 Å². The second-order valence-electron chi connectivity index (χ2n) is 6.79. The summed E-state index contributed by atoms with van der Waals surface area (Å²) >= 11 is 6.11. The highest BCUT2D eigenvalue weighted by atomic mass is 35.5. The molecular formula is C20H29ClN2O4. The fourth-order valence-electron chi connectivity index (χ4n) is 3.45. The van der Waals surface area contributed by atoms with Gasteiger partial charge in [-0.05, 0) is 25.7 Å². The van der Waals surface area contributed by atoms with Gasteiger partial charge >= 0.3 is 0 Å². The molecule has 2 amide bonds. The van der Waals surface area contributed by atoms with E-state index in [9.17, 15) is 9.59 Å². The molecule has 150 valence electrons. The van der Waals surface area contributed by atoms with Gasteiger partial charge in [0.05, 0.1) is 24.9 Å². The van der Waals surface area contributed by atoms with E-state index in [1.54, 1.807) is 12.1 Å². The lowest BCUT2D eigenvalue weighted by Crippen LogP contribution is -2.43. The van der Waals surface area contributed by atoms with E-state index in [4.69, 9.17) is 21.1 Å². The number of carbonyl (C=O) groups is 2. The summed E-state index contributed by atoms with van der Waals surface area (Å²) in [7, 11) is 3.04. The van der Waals surface area contributed by atoms with Gasteiger partial charge in [0.2, 0.25) is 11.8 Å². The summed E-state index contributed by atoms with van der Waals surface area (Å²) < 4.78 is 10.5. The molecule has 0 aliphatic carbocycles. The van der Waals surface area contributed by atoms with Crippen molar-refractivity contribution in [3.63, 3.8) is 0 Å². The molecule has 1 aliphatic heterocycles. The van der Waals surface area contributed by atoms with Crippen LogP contribution in [0, 0.1) is 11.8 Å². The van der Waals surface area contributed by atoms with Gasteiger partial charge in [0, 0.05) is 37.1 Å². The van der Waals surface area contributed by atoms with Crippen LogP contribution in [0.2, 0.25) is 5.02 Å². The third-order valence-corrected chi connectivity index (χ3v) is 5.54. The quantitative estimate of drug-likeness (QED) is 0.757. The van der Waals surface area contributed by atoms with E-state index < -0.39 is 0 Å². The van der Waals surface area contributed by atoms with Crippen molar-refractivity contribution in [2.75, 3.05) is 32.6 Å². The number of benzene rings is 1. The smallest absolute Gasteiger partial charge is 0.227 e. The summed E-state index contributed by atoms with van der Waals surface area (Å²) in [5, 5.41) is 3.33. The summed E-state index contributed by atoms with van der Waals surface area (Å²) in [4.78, 5) is 27.1. The highest BCUT2D eigenvalue weighted by molar-refractivity contribution is 6.32. The number of ether oxygens (including phenoxy) is 2. The van der Waals surface area contributed by atoms with E-state index in [2.05, 4.69) is 5.32 Å². The molecule has 1 saturated heterocycles. The van der Waals surface area contributed by atoms with Crippen molar-refractivity contribution in [1.82, 2.24) is 4.90 Å². The third-order valence-electron chi connectivity index (χ3n) is 5.24. The van der Waals surface area contributed by atoms with Crippen LogP contribution in [0.25, 0.3) is 0 Å². The normalized spacial score (nSPS) is 15.0. The predicted molar refractivity (Wildman–Crippen MR) is 107 cm³/mol. The zero-order valence-electron chi connectivity index (χ0n) is 16.5. The van der Waals surface area contributed by atoms with Gasteiger partial charge in [-0.25, -0.2) is 0 Å². The molecule has 6 nitrogen and oxygen atoms in total. The maximum absolute atomic E-state index is 12.7. The molecule has 1 fully saturated rings. The number of piperidine rings is 1. The number of rotatable bonds is 7. The average Bonchev–Trinajstić information content (AvgIpc) is 2.69. The minimum atomic E-state index is -0.137. The summed E-state index contributed by atoms with van der Waals surface area (Å²) in [6.07, 6.45) is 3.03. The summed E-state index contributed by atoms with van der Waals surface area (Å²) in [6, 6.07) is 3.28. The van der Waals surface area contributed by atoms with Crippen molar-refractivity contribution in [2.24, 2.45) is 11.8 Å². The average molecular weight is 397 g/mol. The van der Waals surface area contributed by atoms with Gasteiger partial charge in [-0.1, -0.05) is 25.4 Å². The molecule has 0 aromatic heterocycles. The Bertz CT molecular complexity index is 668. The molecule has 1 heterocycles. The van der Waals surface area contributed by atoms with Crippen LogP contribution in [0.4, 0.5) is 5.69 Å². The van der Waals surface area contributed by atoms with Crippen LogP contribution < -0.4 is 14.8 Å². The van der Waals surface area contributed by atoms with Crippen molar-refractivity contribution in [1.29, 1.82) is 0 Å². The topological polar surface area (TPSA) is 67.9 Å². The van der Waals surface area contributed by atoms with Crippen LogP contribution in [-0.4, -0.2) is 44.0 Å². The molecule has 7 heteroatoms. The zero-order chi connectivity index (χ0) is 20.0. The molecule has 1 aromatic rings. The van der Waals surface area contributed by atoms with E-state index in [1.807, 2.05) is 18.7 Å². The number of nitrogens with zero attached hydrogens (tertiary/aromatic N) is 1. The second-order valence-corrected chi connectivity index (χ2v) is 7.20. The lowest BCUT2D eigenvalue weighted by atomic mass is 9.93. The summed E-state index contributed by atoms with van der Waals surface area (Å²) in [6.45, 7) is 5.32. The van der Waals surface area contributed by atoms with Crippen LogP contribution in [0.15, 0.2) is 12.1 Å². The lowest BCUT2D eigenvalue weighted by Gasteiger charge is -2.33. The first-order valence-corrected chi connectivity index (χ1v) is 9.84. The van der Waals surface area contributed by atoms with Crippen LogP contribution in [-0.2, 0) is 9.59 Å². The second kappa shape index (κ2) is 9.83. The minimum Gasteiger partial charge on any atom is -0.495 e. The highest BCUT2D eigenvalue weighted by Crippen LogP contribution is 2.36. The van der Waals surface area contributed by atoms with Gasteiger partial charge < -0.3 is 19.7 Å². The minimum absolute atomic E-state index is 0.0766. The van der Waals surface area contributed by atoms with E-state index in [-0.39, 0.29) is 23.7 Å². The Labute approximate surface area is 166 Å². The number of methoxy groups -OCH3 is 2. The molecular weight excluding hydrogens is 368 g/mol. The van der Waals surface area contributed by atoms with Gasteiger partial charge in [0.1, 0.15) is 11.5 Å². The molecule has 0 saturated carbocycles. The molecule has 27 heavy (non-hydrogen) atoms. The molecule has 1 N–H and O–H groups in total. The fourth-order valence-corrected chi connectivity index (χ4v) is 3.68. The maximum atomic E-state index is 12.7. The van der Waals surface area contributed by atoms with E-state index in [0.29, 0.717) is 48.1 Å². The van der Waals surface area contributed by atoms with Crippen LogP contribution in [0.1, 0.15) is 39.5 Å². The largest absolute Gasteiger partial charge is 0.495 e. The van der Waals surface area contributed by atoms with Crippen LogP contribution >= 0.6 is 11.6 Å². The molecule has 0 atom stereocenters. The predicted octanol–water partition coefficient (Wildman–Crippen LogP) is 3.97. The Morgan fingerprint density at radius 1 is 1.15 bits per heavy atom. The van der Waals surface area contributed by atoms with Crippen molar-refractivity contribution in [3.8, 4) is 11.5 Å². The monoisotopic (exact) mass is 396 g/mol. The number of nitrogens with one attached hydrogen (secondary N) is 1. The Balaban J connectivity index is 2.00. The standard InChI is InChI=1S/C20H29ClN2O4/c1-5-13(6-2)20(25)23-9-7-14(8-10-23)19(24)22-16-12-17(26-3)15(21)11-18(16)27-4/h11-14H,5-10H2,1-4H3,(H,22,24). The third kappa shape index (κ3) is 5.06. The van der Waals surface area contributed by atoms with Crippen molar-refractivity contribution < 1.29 is 19.1 Å². The number of amides is 2. The number of anilines is 1. The number of carbonyl (C=O) groups excluding carboxylic acids is 2. The summed E-state index contributed by atoms with van der Waals surface area (Å²) in [5.41, 5.74) is 0.527. The molecule has 0 bridgehead atoms. The Hall–Kier alpha value is -1.95. The lowest BCUT2D eigenvalue weighted by molar-refractivity contribution is -0.138. The van der Waals surface area contributed by atoms with Crippen molar-refractivity contribution in [2.45, 2.75) is 39.5 Å². The van der Waals surface area contributed by atoms with E-state index in [0.717, 1.165) is 12.8 Å². The number of likely N-dealkylation sites (tertiary alicyclic amines) is 1. The van der Waals surface area contributed by atoms with Crippen molar-refractivity contribution in [3.05, 3.63) is 17.2 Å². The Kier molecular flexibility index (Phi) is 7.78. The number of hydrogen-bond donors (Lipinski definition) is 1. The fraction of sp³-hybridized carbons (Fsp3) is 0.600. The number of halogens is 1. The summed E-state index contributed by atoms with van der Waals surface area (Å²) in [5.74, 6) is 1.03. The zero-order valence-corrected chi connectivity index (χ0v) is 17.3.